The van der Waals surface area contributed by atoms with Crippen LogP contribution in [0.1, 0.15) is 11.1 Å². The van der Waals surface area contributed by atoms with Gasteiger partial charge in [-0.05, 0) is 54.4 Å². The molecular formula is C17H17N5OS. The lowest BCUT2D eigenvalue weighted by Crippen LogP contribution is -1.90. The van der Waals surface area contributed by atoms with Crippen molar-refractivity contribution in [2.75, 3.05) is 17.9 Å². The summed E-state index contributed by atoms with van der Waals surface area (Å²) in [5, 5.41) is 16.9. The summed E-state index contributed by atoms with van der Waals surface area (Å²) >= 11 is 1.40. The van der Waals surface area contributed by atoms with Gasteiger partial charge in [0, 0.05) is 5.69 Å². The highest BCUT2D eigenvalue weighted by Gasteiger charge is 2.03. The van der Waals surface area contributed by atoms with Gasteiger partial charge in [-0.1, -0.05) is 23.5 Å². The van der Waals surface area contributed by atoms with E-state index in [9.17, 15) is 0 Å². The standard InChI is InChI=1S/C17H17N5OS/c1-12-4-3-5-14(10-12)19-16-21-22-17(24-16)20-18-11-13-6-8-15(23-2)9-7-13/h3-11H,1-2H3,(H,19,21)(H,20,22)/b18-11+. The number of rotatable bonds is 6. The van der Waals surface area contributed by atoms with Crippen molar-refractivity contribution in [2.24, 2.45) is 5.10 Å². The zero-order valence-corrected chi connectivity index (χ0v) is 14.2. The molecule has 2 aromatic carbocycles. The summed E-state index contributed by atoms with van der Waals surface area (Å²) < 4.78 is 5.12. The fraction of sp³-hybridized carbons (Fsp3) is 0.118. The predicted octanol–water partition coefficient (Wildman–Crippen LogP) is 4.04. The molecule has 0 aliphatic rings. The van der Waals surface area contributed by atoms with Gasteiger partial charge in [0.05, 0.1) is 13.3 Å². The largest absolute Gasteiger partial charge is 0.497 e. The van der Waals surface area contributed by atoms with E-state index < -0.39 is 0 Å². The number of hydrogen-bond donors (Lipinski definition) is 2. The Labute approximate surface area is 144 Å². The lowest BCUT2D eigenvalue weighted by molar-refractivity contribution is 0.415. The van der Waals surface area contributed by atoms with E-state index in [0.717, 1.165) is 17.0 Å². The van der Waals surface area contributed by atoms with Crippen molar-refractivity contribution in [1.29, 1.82) is 0 Å². The maximum Gasteiger partial charge on any atom is 0.227 e. The summed E-state index contributed by atoms with van der Waals surface area (Å²) in [7, 11) is 1.64. The lowest BCUT2D eigenvalue weighted by atomic mass is 10.2. The molecule has 0 bridgehead atoms. The summed E-state index contributed by atoms with van der Waals surface area (Å²) in [5.41, 5.74) is 6.02. The predicted molar refractivity (Wildman–Crippen MR) is 98.6 cm³/mol. The number of nitrogens with one attached hydrogen (secondary N) is 2. The van der Waals surface area contributed by atoms with Crippen LogP contribution in [0.3, 0.4) is 0 Å². The number of benzene rings is 2. The number of methoxy groups -OCH3 is 1. The average Bonchev–Trinajstić information content (AvgIpc) is 3.03. The van der Waals surface area contributed by atoms with Gasteiger partial charge in [-0.2, -0.15) is 5.10 Å². The summed E-state index contributed by atoms with van der Waals surface area (Å²) in [5.74, 6) is 0.816. The van der Waals surface area contributed by atoms with Crippen LogP contribution < -0.4 is 15.5 Å². The van der Waals surface area contributed by atoms with Crippen molar-refractivity contribution < 1.29 is 4.74 Å². The van der Waals surface area contributed by atoms with E-state index in [0.29, 0.717) is 10.3 Å². The quantitative estimate of drug-likeness (QED) is 0.524. The van der Waals surface area contributed by atoms with Gasteiger partial charge >= 0.3 is 0 Å². The third-order valence-electron chi connectivity index (χ3n) is 3.18. The van der Waals surface area contributed by atoms with Crippen LogP contribution in [-0.2, 0) is 0 Å². The Morgan fingerprint density at radius 2 is 1.88 bits per heavy atom. The minimum Gasteiger partial charge on any atom is -0.497 e. The molecule has 3 aromatic rings. The van der Waals surface area contributed by atoms with Crippen LogP contribution in [0, 0.1) is 6.92 Å². The molecule has 0 atom stereocenters. The second kappa shape index (κ2) is 7.56. The fourth-order valence-corrected chi connectivity index (χ4v) is 2.63. The molecule has 0 amide bonds. The summed E-state index contributed by atoms with van der Waals surface area (Å²) in [6, 6.07) is 15.7. The third-order valence-corrected chi connectivity index (χ3v) is 3.93. The highest BCUT2D eigenvalue weighted by Crippen LogP contribution is 2.24. The monoisotopic (exact) mass is 339 g/mol. The number of anilines is 3. The molecule has 24 heavy (non-hydrogen) atoms. The van der Waals surface area contributed by atoms with Crippen molar-refractivity contribution in [3.05, 3.63) is 59.7 Å². The van der Waals surface area contributed by atoms with E-state index in [1.54, 1.807) is 13.3 Å². The average molecular weight is 339 g/mol. The Balaban J connectivity index is 1.58. The van der Waals surface area contributed by atoms with Crippen LogP contribution in [0.15, 0.2) is 53.6 Å². The van der Waals surface area contributed by atoms with E-state index in [1.807, 2.05) is 49.4 Å². The second-order valence-electron chi connectivity index (χ2n) is 5.05. The van der Waals surface area contributed by atoms with Crippen molar-refractivity contribution in [3.63, 3.8) is 0 Å². The van der Waals surface area contributed by atoms with Crippen molar-refractivity contribution in [3.8, 4) is 5.75 Å². The molecule has 0 spiro atoms. The molecule has 0 aliphatic heterocycles. The van der Waals surface area contributed by atoms with Gasteiger partial charge in [0.1, 0.15) is 5.75 Å². The maximum absolute atomic E-state index is 5.12. The van der Waals surface area contributed by atoms with E-state index in [1.165, 1.54) is 16.9 Å². The van der Waals surface area contributed by atoms with Gasteiger partial charge < -0.3 is 10.1 Å². The number of hydrazone groups is 1. The van der Waals surface area contributed by atoms with Gasteiger partial charge in [-0.25, -0.2) is 0 Å². The number of ether oxygens (including phenoxy) is 1. The van der Waals surface area contributed by atoms with Crippen LogP contribution >= 0.6 is 11.3 Å². The molecule has 7 heteroatoms. The summed E-state index contributed by atoms with van der Waals surface area (Å²) in [4.78, 5) is 0. The SMILES string of the molecule is COc1ccc(/C=N/Nc2nnc(Nc3cccc(C)c3)s2)cc1. The molecule has 6 nitrogen and oxygen atoms in total. The molecule has 0 aliphatic carbocycles. The molecule has 0 saturated carbocycles. The zero-order valence-electron chi connectivity index (χ0n) is 13.4. The maximum atomic E-state index is 5.12. The molecular weight excluding hydrogens is 322 g/mol. The fourth-order valence-electron chi connectivity index (χ4n) is 2.02. The number of aromatic nitrogens is 2. The van der Waals surface area contributed by atoms with Crippen LogP contribution in [0.4, 0.5) is 16.0 Å². The molecule has 0 saturated heterocycles. The Morgan fingerprint density at radius 3 is 2.62 bits per heavy atom. The van der Waals surface area contributed by atoms with Crippen LogP contribution in [0.2, 0.25) is 0 Å². The lowest BCUT2D eigenvalue weighted by Gasteiger charge is -2.01. The Hall–Kier alpha value is -2.93. The second-order valence-corrected chi connectivity index (χ2v) is 6.03. The van der Waals surface area contributed by atoms with E-state index >= 15 is 0 Å². The molecule has 1 heterocycles. The van der Waals surface area contributed by atoms with Crippen molar-refractivity contribution in [2.45, 2.75) is 6.92 Å². The van der Waals surface area contributed by atoms with E-state index in [-0.39, 0.29) is 0 Å². The minimum atomic E-state index is 0.620. The number of hydrogen-bond acceptors (Lipinski definition) is 7. The van der Waals surface area contributed by atoms with E-state index in [2.05, 4.69) is 32.1 Å². The first-order chi connectivity index (χ1) is 11.7. The zero-order chi connectivity index (χ0) is 16.8. The molecule has 2 N–H and O–H groups in total. The number of nitrogens with zero attached hydrogens (tertiary/aromatic N) is 3. The molecule has 0 unspecified atom stereocenters. The Morgan fingerprint density at radius 1 is 1.08 bits per heavy atom. The highest BCUT2D eigenvalue weighted by molar-refractivity contribution is 7.19. The molecule has 3 rings (SSSR count). The van der Waals surface area contributed by atoms with Gasteiger partial charge in [0.2, 0.25) is 10.3 Å². The topological polar surface area (TPSA) is 71.4 Å². The van der Waals surface area contributed by atoms with Crippen LogP contribution in [-0.4, -0.2) is 23.5 Å². The first kappa shape index (κ1) is 15.9. The van der Waals surface area contributed by atoms with Gasteiger partial charge in [-0.3, -0.25) is 5.43 Å². The third kappa shape index (κ3) is 4.30. The Bertz CT molecular complexity index is 829. The summed E-state index contributed by atoms with van der Waals surface area (Å²) in [6.07, 6.45) is 1.72. The van der Waals surface area contributed by atoms with Crippen molar-refractivity contribution >= 4 is 33.5 Å². The first-order valence-corrected chi connectivity index (χ1v) is 8.15. The van der Waals surface area contributed by atoms with Gasteiger partial charge in [-0.15, -0.1) is 10.2 Å². The summed E-state index contributed by atoms with van der Waals surface area (Å²) in [6.45, 7) is 2.05. The number of aryl methyl sites for hydroxylation is 1. The van der Waals surface area contributed by atoms with E-state index in [4.69, 9.17) is 4.74 Å². The highest BCUT2D eigenvalue weighted by atomic mass is 32.1. The first-order valence-electron chi connectivity index (χ1n) is 7.33. The van der Waals surface area contributed by atoms with Gasteiger partial charge in [0.15, 0.2) is 0 Å². The minimum absolute atomic E-state index is 0.620. The van der Waals surface area contributed by atoms with Crippen LogP contribution in [0.25, 0.3) is 0 Å². The molecule has 1 aromatic heterocycles. The van der Waals surface area contributed by atoms with Gasteiger partial charge in [0.25, 0.3) is 0 Å². The Kier molecular flexibility index (Phi) is 5.02. The molecule has 0 radical (unpaired) electrons. The van der Waals surface area contributed by atoms with Crippen LogP contribution in [0.5, 0.6) is 5.75 Å². The molecule has 122 valence electrons. The molecule has 0 fully saturated rings. The van der Waals surface area contributed by atoms with Crippen molar-refractivity contribution in [1.82, 2.24) is 10.2 Å². The smallest absolute Gasteiger partial charge is 0.227 e. The normalized spacial score (nSPS) is 10.8.